The van der Waals surface area contributed by atoms with Crippen LogP contribution in [0.15, 0.2) is 24.5 Å². The Kier molecular flexibility index (Phi) is 2.82. The van der Waals surface area contributed by atoms with Crippen LogP contribution in [0.3, 0.4) is 0 Å². The molecule has 0 fully saturated rings. The Bertz CT molecular complexity index is 388. The number of hydrogen-bond donors (Lipinski definition) is 1. The molecule has 0 spiro atoms. The zero-order valence-corrected chi connectivity index (χ0v) is 9.01. The third-order valence-corrected chi connectivity index (χ3v) is 2.15. The second-order valence-corrected chi connectivity index (χ2v) is 3.57. The van der Waals surface area contributed by atoms with E-state index in [2.05, 4.69) is 15.5 Å². The van der Waals surface area contributed by atoms with Crippen molar-refractivity contribution in [3.63, 3.8) is 0 Å². The van der Waals surface area contributed by atoms with Gasteiger partial charge in [-0.3, -0.25) is 9.36 Å². The van der Waals surface area contributed by atoms with E-state index in [1.807, 2.05) is 38.6 Å². The minimum Gasteiger partial charge on any atom is -0.305 e. The number of hydrogen-bond acceptors (Lipinski definition) is 3. The first-order valence-corrected chi connectivity index (χ1v) is 4.92. The Morgan fingerprint density at radius 3 is 1.80 bits per heavy atom. The van der Waals surface area contributed by atoms with Crippen molar-refractivity contribution >= 4 is 0 Å². The SMILES string of the molecule is Cn1ccc(CNCc2ccn(C)n2)n1. The first kappa shape index (κ1) is 9.92. The first-order chi connectivity index (χ1) is 7.24. The van der Waals surface area contributed by atoms with Crippen molar-refractivity contribution < 1.29 is 0 Å². The molecule has 0 aliphatic rings. The maximum Gasteiger partial charge on any atom is 0.0762 e. The summed E-state index contributed by atoms with van der Waals surface area (Å²) in [5, 5.41) is 11.8. The molecule has 15 heavy (non-hydrogen) atoms. The molecule has 5 nitrogen and oxygen atoms in total. The van der Waals surface area contributed by atoms with Crippen LogP contribution in [0.5, 0.6) is 0 Å². The second kappa shape index (κ2) is 4.27. The number of nitrogens with zero attached hydrogens (tertiary/aromatic N) is 4. The molecule has 0 saturated carbocycles. The predicted molar refractivity (Wildman–Crippen MR) is 57.0 cm³/mol. The molecule has 0 atom stereocenters. The van der Waals surface area contributed by atoms with Crippen molar-refractivity contribution in [2.24, 2.45) is 14.1 Å². The summed E-state index contributed by atoms with van der Waals surface area (Å²) in [5.74, 6) is 0. The van der Waals surface area contributed by atoms with Gasteiger partial charge < -0.3 is 5.32 Å². The fraction of sp³-hybridized carbons (Fsp3) is 0.400. The lowest BCUT2D eigenvalue weighted by Gasteiger charge is -1.99. The van der Waals surface area contributed by atoms with E-state index in [9.17, 15) is 0 Å². The van der Waals surface area contributed by atoms with Gasteiger partial charge in [0.15, 0.2) is 0 Å². The maximum atomic E-state index is 4.28. The van der Waals surface area contributed by atoms with E-state index < -0.39 is 0 Å². The Morgan fingerprint density at radius 1 is 1.00 bits per heavy atom. The molecule has 0 amide bonds. The molecule has 0 aliphatic heterocycles. The van der Waals surface area contributed by atoms with Gasteiger partial charge in [-0.15, -0.1) is 0 Å². The minimum absolute atomic E-state index is 0.775. The van der Waals surface area contributed by atoms with Gasteiger partial charge >= 0.3 is 0 Å². The van der Waals surface area contributed by atoms with Crippen LogP contribution in [0.4, 0.5) is 0 Å². The Hall–Kier alpha value is -1.62. The van der Waals surface area contributed by atoms with Gasteiger partial charge in [0.1, 0.15) is 0 Å². The molecule has 0 saturated heterocycles. The summed E-state index contributed by atoms with van der Waals surface area (Å²) >= 11 is 0. The largest absolute Gasteiger partial charge is 0.305 e. The predicted octanol–water partition coefficient (Wildman–Crippen LogP) is 0.443. The number of aromatic nitrogens is 4. The van der Waals surface area contributed by atoms with Gasteiger partial charge in [0.25, 0.3) is 0 Å². The molecule has 2 rings (SSSR count). The average molecular weight is 205 g/mol. The third-order valence-electron chi connectivity index (χ3n) is 2.15. The minimum atomic E-state index is 0.775. The molecule has 1 N–H and O–H groups in total. The molecule has 2 aromatic rings. The Balaban J connectivity index is 1.80. The van der Waals surface area contributed by atoms with E-state index in [4.69, 9.17) is 0 Å². The van der Waals surface area contributed by atoms with Crippen molar-refractivity contribution in [2.45, 2.75) is 13.1 Å². The lowest BCUT2D eigenvalue weighted by Crippen LogP contribution is -2.13. The van der Waals surface area contributed by atoms with Crippen LogP contribution in [0.25, 0.3) is 0 Å². The highest BCUT2D eigenvalue weighted by atomic mass is 15.3. The van der Waals surface area contributed by atoms with E-state index in [0.29, 0.717) is 0 Å². The summed E-state index contributed by atoms with van der Waals surface area (Å²) in [6.07, 6.45) is 3.88. The van der Waals surface area contributed by atoms with Crippen molar-refractivity contribution in [1.29, 1.82) is 0 Å². The summed E-state index contributed by atoms with van der Waals surface area (Å²) in [5.41, 5.74) is 2.10. The highest BCUT2D eigenvalue weighted by Gasteiger charge is 1.98. The Morgan fingerprint density at radius 2 is 1.47 bits per heavy atom. The van der Waals surface area contributed by atoms with Crippen molar-refractivity contribution in [3.8, 4) is 0 Å². The lowest BCUT2D eigenvalue weighted by atomic mass is 10.4. The summed E-state index contributed by atoms with van der Waals surface area (Å²) in [7, 11) is 3.84. The number of rotatable bonds is 4. The number of nitrogens with one attached hydrogen (secondary N) is 1. The van der Waals surface area contributed by atoms with E-state index in [1.165, 1.54) is 0 Å². The summed E-state index contributed by atoms with van der Waals surface area (Å²) in [4.78, 5) is 0. The molecule has 0 bridgehead atoms. The van der Waals surface area contributed by atoms with Gasteiger partial charge in [0.05, 0.1) is 11.4 Å². The van der Waals surface area contributed by atoms with Crippen LogP contribution in [-0.4, -0.2) is 19.6 Å². The van der Waals surface area contributed by atoms with Crippen LogP contribution in [0, 0.1) is 0 Å². The molecule has 0 radical (unpaired) electrons. The monoisotopic (exact) mass is 205 g/mol. The lowest BCUT2D eigenvalue weighted by molar-refractivity contribution is 0.635. The zero-order chi connectivity index (χ0) is 10.7. The van der Waals surface area contributed by atoms with E-state index in [-0.39, 0.29) is 0 Å². The fourth-order valence-corrected chi connectivity index (χ4v) is 1.43. The molecule has 2 aromatic heterocycles. The second-order valence-electron chi connectivity index (χ2n) is 3.57. The molecular weight excluding hydrogens is 190 g/mol. The molecule has 0 aromatic carbocycles. The molecule has 2 heterocycles. The molecule has 0 aliphatic carbocycles. The maximum absolute atomic E-state index is 4.28. The molecular formula is C10H15N5. The normalized spacial score (nSPS) is 10.8. The molecule has 5 heteroatoms. The van der Waals surface area contributed by atoms with Crippen LogP contribution >= 0.6 is 0 Å². The van der Waals surface area contributed by atoms with Gasteiger partial charge in [-0.25, -0.2) is 0 Å². The van der Waals surface area contributed by atoms with Crippen molar-refractivity contribution in [2.75, 3.05) is 0 Å². The summed E-state index contributed by atoms with van der Waals surface area (Å²) in [6.45, 7) is 1.55. The van der Waals surface area contributed by atoms with E-state index in [1.54, 1.807) is 9.36 Å². The van der Waals surface area contributed by atoms with Gasteiger partial charge in [-0.1, -0.05) is 0 Å². The highest BCUT2D eigenvalue weighted by Crippen LogP contribution is 1.96. The van der Waals surface area contributed by atoms with Gasteiger partial charge in [0, 0.05) is 39.6 Å². The Labute approximate surface area is 88.7 Å². The third kappa shape index (κ3) is 2.66. The van der Waals surface area contributed by atoms with Crippen LogP contribution < -0.4 is 5.32 Å². The quantitative estimate of drug-likeness (QED) is 0.788. The van der Waals surface area contributed by atoms with Crippen LogP contribution in [-0.2, 0) is 27.2 Å². The van der Waals surface area contributed by atoms with E-state index >= 15 is 0 Å². The smallest absolute Gasteiger partial charge is 0.0762 e. The zero-order valence-electron chi connectivity index (χ0n) is 9.01. The van der Waals surface area contributed by atoms with Gasteiger partial charge in [0.2, 0.25) is 0 Å². The summed E-state index contributed by atoms with van der Waals surface area (Å²) < 4.78 is 3.61. The van der Waals surface area contributed by atoms with E-state index in [0.717, 1.165) is 24.5 Å². The van der Waals surface area contributed by atoms with Gasteiger partial charge in [-0.2, -0.15) is 10.2 Å². The van der Waals surface area contributed by atoms with Crippen LogP contribution in [0.1, 0.15) is 11.4 Å². The van der Waals surface area contributed by atoms with Crippen LogP contribution in [0.2, 0.25) is 0 Å². The molecule has 80 valence electrons. The van der Waals surface area contributed by atoms with Crippen molar-refractivity contribution in [3.05, 3.63) is 35.9 Å². The topological polar surface area (TPSA) is 47.7 Å². The first-order valence-electron chi connectivity index (χ1n) is 4.92. The van der Waals surface area contributed by atoms with Crippen molar-refractivity contribution in [1.82, 2.24) is 24.9 Å². The average Bonchev–Trinajstić information content (AvgIpc) is 2.76. The van der Waals surface area contributed by atoms with Gasteiger partial charge in [-0.05, 0) is 12.1 Å². The molecule has 0 unspecified atom stereocenters. The summed E-state index contributed by atoms with van der Waals surface area (Å²) in [6, 6.07) is 4.01. The number of aryl methyl sites for hydroxylation is 2. The highest BCUT2D eigenvalue weighted by molar-refractivity contribution is 5.01. The standard InChI is InChI=1S/C10H15N5/c1-14-5-3-9(12-14)7-11-8-10-4-6-15(2)13-10/h3-6,11H,7-8H2,1-2H3. The fourth-order valence-electron chi connectivity index (χ4n) is 1.43.